The van der Waals surface area contributed by atoms with Gasteiger partial charge in [-0.2, -0.15) is 0 Å². The summed E-state index contributed by atoms with van der Waals surface area (Å²) < 4.78 is 37.5. The SMILES string of the molecule is COc1c(F)cccc1C(=O)NC12CC(NC(=O)COc3ccc(Cl)c(F)c3)(C1)C2. The molecule has 2 aromatic rings. The number of rotatable bonds is 7. The van der Waals surface area contributed by atoms with Gasteiger partial charge in [0.2, 0.25) is 0 Å². The number of methoxy groups -OCH3 is 1. The van der Waals surface area contributed by atoms with Gasteiger partial charge in [-0.25, -0.2) is 8.78 Å². The zero-order valence-electron chi connectivity index (χ0n) is 16.1. The Bertz CT molecular complexity index is 1010. The van der Waals surface area contributed by atoms with Gasteiger partial charge in [0.1, 0.15) is 11.6 Å². The van der Waals surface area contributed by atoms with E-state index in [1.807, 2.05) is 0 Å². The first kappa shape index (κ1) is 20.4. The fourth-order valence-electron chi connectivity index (χ4n) is 4.30. The summed E-state index contributed by atoms with van der Waals surface area (Å²) in [5.74, 6) is -1.87. The quantitative estimate of drug-likeness (QED) is 0.698. The fraction of sp³-hybridized carbons (Fsp3) is 0.333. The number of halogens is 3. The largest absolute Gasteiger partial charge is 0.493 e. The monoisotopic (exact) mass is 436 g/mol. The Morgan fingerprint density at radius 2 is 1.77 bits per heavy atom. The molecule has 6 nitrogen and oxygen atoms in total. The third kappa shape index (κ3) is 3.67. The Kier molecular flexibility index (Phi) is 5.05. The van der Waals surface area contributed by atoms with Gasteiger partial charge in [-0.15, -0.1) is 0 Å². The highest BCUT2D eigenvalue weighted by Crippen LogP contribution is 2.60. The number of para-hydroxylation sites is 1. The summed E-state index contributed by atoms with van der Waals surface area (Å²) in [5.41, 5.74) is -0.670. The van der Waals surface area contributed by atoms with Gasteiger partial charge in [-0.05, 0) is 43.5 Å². The predicted molar refractivity (Wildman–Crippen MR) is 105 cm³/mol. The molecular weight excluding hydrogens is 418 g/mol. The number of amides is 2. The zero-order chi connectivity index (χ0) is 21.5. The molecule has 0 heterocycles. The third-order valence-electron chi connectivity index (χ3n) is 5.49. The molecule has 0 saturated heterocycles. The van der Waals surface area contributed by atoms with Crippen LogP contribution in [0.25, 0.3) is 0 Å². The molecule has 2 N–H and O–H groups in total. The van der Waals surface area contributed by atoms with Crippen molar-refractivity contribution < 1.29 is 27.8 Å². The van der Waals surface area contributed by atoms with Gasteiger partial charge in [-0.3, -0.25) is 9.59 Å². The van der Waals surface area contributed by atoms with E-state index in [0.717, 1.165) is 6.07 Å². The van der Waals surface area contributed by atoms with Crippen LogP contribution in [-0.4, -0.2) is 36.6 Å². The average Bonchev–Trinajstić information content (AvgIpc) is 2.66. The highest BCUT2D eigenvalue weighted by molar-refractivity contribution is 6.30. The minimum absolute atomic E-state index is 0.0242. The summed E-state index contributed by atoms with van der Waals surface area (Å²) in [7, 11) is 1.31. The topological polar surface area (TPSA) is 76.7 Å². The second-order valence-electron chi connectivity index (χ2n) is 7.78. The fourth-order valence-corrected chi connectivity index (χ4v) is 4.42. The highest BCUT2D eigenvalue weighted by Gasteiger charge is 2.69. The van der Waals surface area contributed by atoms with E-state index in [4.69, 9.17) is 21.1 Å². The molecule has 0 aromatic heterocycles. The molecule has 2 amide bonds. The van der Waals surface area contributed by atoms with E-state index in [2.05, 4.69) is 10.6 Å². The van der Waals surface area contributed by atoms with Crippen LogP contribution in [0.4, 0.5) is 8.78 Å². The summed E-state index contributed by atoms with van der Waals surface area (Å²) in [5, 5.41) is 5.80. The Morgan fingerprint density at radius 1 is 1.07 bits per heavy atom. The molecule has 0 spiro atoms. The molecule has 0 aliphatic heterocycles. The van der Waals surface area contributed by atoms with Gasteiger partial charge < -0.3 is 20.1 Å². The van der Waals surface area contributed by atoms with Crippen LogP contribution in [0.15, 0.2) is 36.4 Å². The van der Waals surface area contributed by atoms with Gasteiger partial charge in [0.15, 0.2) is 18.2 Å². The van der Waals surface area contributed by atoms with Crippen LogP contribution < -0.4 is 20.1 Å². The third-order valence-corrected chi connectivity index (χ3v) is 5.80. The lowest BCUT2D eigenvalue weighted by atomic mass is 9.44. The Balaban J connectivity index is 1.27. The molecule has 2 bridgehead atoms. The van der Waals surface area contributed by atoms with Crippen LogP contribution in [0.1, 0.15) is 29.6 Å². The molecule has 0 radical (unpaired) electrons. The van der Waals surface area contributed by atoms with Crippen LogP contribution in [-0.2, 0) is 4.79 Å². The van der Waals surface area contributed by atoms with E-state index in [9.17, 15) is 18.4 Å². The number of benzene rings is 2. The van der Waals surface area contributed by atoms with Gasteiger partial charge >= 0.3 is 0 Å². The van der Waals surface area contributed by atoms with Crippen LogP contribution in [0.3, 0.4) is 0 Å². The van der Waals surface area contributed by atoms with E-state index in [1.54, 1.807) is 0 Å². The summed E-state index contributed by atoms with van der Waals surface area (Å²) in [4.78, 5) is 24.7. The van der Waals surface area contributed by atoms with Crippen LogP contribution >= 0.6 is 11.6 Å². The predicted octanol–water partition coefficient (Wildman–Crippen LogP) is 3.23. The lowest BCUT2D eigenvalue weighted by Gasteiger charge is -2.70. The van der Waals surface area contributed by atoms with Crippen LogP contribution in [0.2, 0.25) is 5.02 Å². The van der Waals surface area contributed by atoms with E-state index in [-0.39, 0.29) is 40.1 Å². The smallest absolute Gasteiger partial charge is 0.258 e. The zero-order valence-corrected chi connectivity index (χ0v) is 16.8. The van der Waals surface area contributed by atoms with Crippen molar-refractivity contribution in [1.29, 1.82) is 0 Å². The number of ether oxygens (including phenoxy) is 2. The second kappa shape index (κ2) is 7.43. The maximum Gasteiger partial charge on any atom is 0.258 e. The highest BCUT2D eigenvalue weighted by atomic mass is 35.5. The van der Waals surface area contributed by atoms with E-state index >= 15 is 0 Å². The van der Waals surface area contributed by atoms with Gasteiger partial charge in [0, 0.05) is 17.1 Å². The molecule has 30 heavy (non-hydrogen) atoms. The van der Waals surface area contributed by atoms with Crippen molar-refractivity contribution >= 4 is 23.4 Å². The van der Waals surface area contributed by atoms with E-state index in [0.29, 0.717) is 19.3 Å². The van der Waals surface area contributed by atoms with Crippen molar-refractivity contribution in [2.45, 2.75) is 30.3 Å². The summed E-state index contributed by atoms with van der Waals surface area (Å²) >= 11 is 5.61. The van der Waals surface area contributed by atoms with Crippen molar-refractivity contribution in [2.24, 2.45) is 0 Å². The standard InChI is InChI=1S/C21H19ClF2N2O4/c1-29-18-13(3-2-4-15(18)23)19(28)26-21-9-20(10-21,11-21)25-17(27)8-30-12-5-6-14(22)16(24)7-12/h2-7H,8-11H2,1H3,(H,25,27)(H,26,28). The Morgan fingerprint density at radius 3 is 2.43 bits per heavy atom. The number of carbonyl (C=O) groups is 2. The number of nitrogens with one attached hydrogen (secondary N) is 2. The number of hydrogen-bond donors (Lipinski definition) is 2. The maximum atomic E-state index is 13.8. The van der Waals surface area contributed by atoms with Crippen molar-refractivity contribution in [3.05, 3.63) is 58.6 Å². The van der Waals surface area contributed by atoms with Gasteiger partial charge in [0.05, 0.1) is 17.7 Å². The molecule has 3 saturated carbocycles. The normalized spacial score (nSPS) is 23.6. The first-order chi connectivity index (χ1) is 14.2. The lowest BCUT2D eigenvalue weighted by Crippen LogP contribution is -2.84. The van der Waals surface area contributed by atoms with Crippen LogP contribution in [0.5, 0.6) is 11.5 Å². The van der Waals surface area contributed by atoms with E-state index in [1.165, 1.54) is 37.4 Å². The maximum absolute atomic E-state index is 13.8. The average molecular weight is 437 g/mol. The molecule has 2 aromatic carbocycles. The molecule has 5 rings (SSSR count). The molecule has 3 fully saturated rings. The second-order valence-corrected chi connectivity index (χ2v) is 8.19. The first-order valence-electron chi connectivity index (χ1n) is 9.29. The molecule has 3 aliphatic rings. The van der Waals surface area contributed by atoms with Crippen molar-refractivity contribution in [1.82, 2.24) is 10.6 Å². The molecule has 0 unspecified atom stereocenters. The number of carbonyl (C=O) groups excluding carboxylic acids is 2. The summed E-state index contributed by atoms with van der Waals surface area (Å²) in [6, 6.07) is 8.11. The minimum atomic E-state index is -0.624. The molecule has 158 valence electrons. The molecule has 9 heteroatoms. The van der Waals surface area contributed by atoms with Crippen molar-refractivity contribution in [2.75, 3.05) is 13.7 Å². The van der Waals surface area contributed by atoms with Crippen molar-refractivity contribution in [3.63, 3.8) is 0 Å². The number of hydrogen-bond acceptors (Lipinski definition) is 4. The van der Waals surface area contributed by atoms with E-state index < -0.39 is 23.1 Å². The Labute approximate surface area is 176 Å². The lowest BCUT2D eigenvalue weighted by molar-refractivity contribution is -0.141. The molecule has 3 aliphatic carbocycles. The summed E-state index contributed by atoms with van der Waals surface area (Å²) in [6.07, 6.45) is 1.72. The van der Waals surface area contributed by atoms with Crippen molar-refractivity contribution in [3.8, 4) is 11.5 Å². The molecule has 0 atom stereocenters. The molecular formula is C21H19ClF2N2O4. The summed E-state index contributed by atoms with van der Waals surface area (Å²) in [6.45, 7) is -0.261. The van der Waals surface area contributed by atoms with Crippen LogP contribution in [0, 0.1) is 11.6 Å². The van der Waals surface area contributed by atoms with Gasteiger partial charge in [-0.1, -0.05) is 17.7 Å². The first-order valence-corrected chi connectivity index (χ1v) is 9.67. The van der Waals surface area contributed by atoms with Gasteiger partial charge in [0.25, 0.3) is 11.8 Å². The minimum Gasteiger partial charge on any atom is -0.493 e. The Hall–Kier alpha value is -2.87.